The Morgan fingerprint density at radius 1 is 1.10 bits per heavy atom. The van der Waals surface area contributed by atoms with Gasteiger partial charge in [-0.25, -0.2) is 0 Å². The van der Waals surface area contributed by atoms with Crippen molar-refractivity contribution in [3.63, 3.8) is 0 Å². The molecule has 0 saturated carbocycles. The number of allylic oxidation sites excluding steroid dienone is 1. The van der Waals surface area contributed by atoms with E-state index >= 15 is 0 Å². The Bertz CT molecular complexity index is 503. The van der Waals surface area contributed by atoms with Crippen LogP contribution in [0.5, 0.6) is 0 Å². The van der Waals surface area contributed by atoms with Crippen molar-refractivity contribution in [3.8, 4) is 0 Å². The first-order valence-corrected chi connectivity index (χ1v) is 8.09. The fourth-order valence-corrected chi connectivity index (χ4v) is 3.38. The number of Topliss-reactive ketones (excluding diaryl/α,β-unsaturated/α-hetero) is 1. The molecule has 0 bridgehead atoms. The Balaban J connectivity index is 1.87. The number of rotatable bonds is 4. The third-order valence-corrected chi connectivity index (χ3v) is 4.50. The second-order valence-corrected chi connectivity index (χ2v) is 5.94. The topological polar surface area (TPSA) is 32.3 Å². The van der Waals surface area contributed by atoms with Crippen LogP contribution >= 0.6 is 0 Å². The van der Waals surface area contributed by atoms with Crippen LogP contribution in [0.4, 0.5) is 0 Å². The Morgan fingerprint density at radius 3 is 2.52 bits per heavy atom. The molecule has 1 fully saturated rings. The molecule has 21 heavy (non-hydrogen) atoms. The van der Waals surface area contributed by atoms with Crippen LogP contribution in [0.25, 0.3) is 0 Å². The molecule has 0 spiro atoms. The quantitative estimate of drug-likeness (QED) is 0.681. The van der Waals surface area contributed by atoms with E-state index in [-0.39, 0.29) is 11.8 Å². The highest BCUT2D eigenvalue weighted by molar-refractivity contribution is 6.02. The Kier molecular flexibility index (Phi) is 4.84. The number of hydrogen-bond acceptors (Lipinski definition) is 3. The maximum atomic E-state index is 13.0. The molecular weight excluding hydrogens is 260 g/mol. The van der Waals surface area contributed by atoms with Crippen molar-refractivity contribution in [1.82, 2.24) is 10.2 Å². The summed E-state index contributed by atoms with van der Waals surface area (Å²) in [4.78, 5) is 15.4. The van der Waals surface area contributed by atoms with Gasteiger partial charge in [0.1, 0.15) is 0 Å². The van der Waals surface area contributed by atoms with E-state index in [1.165, 1.54) is 18.4 Å². The summed E-state index contributed by atoms with van der Waals surface area (Å²) >= 11 is 0. The van der Waals surface area contributed by atoms with Gasteiger partial charge in [-0.1, -0.05) is 36.4 Å². The van der Waals surface area contributed by atoms with Crippen molar-refractivity contribution < 1.29 is 4.79 Å². The standard InChI is InChI=1S/C18H24N2O/c21-18(16-9-5-2-6-10-16)17(15-7-3-1-4-8-15)20-13-11-19-12-14-20/h2,5-7,9-10,17,19H,1,3-4,8,11-14H2. The molecule has 1 aliphatic carbocycles. The van der Waals surface area contributed by atoms with E-state index in [0.717, 1.165) is 44.6 Å². The molecule has 1 unspecified atom stereocenters. The van der Waals surface area contributed by atoms with E-state index in [9.17, 15) is 4.79 Å². The van der Waals surface area contributed by atoms with Crippen molar-refractivity contribution in [2.24, 2.45) is 0 Å². The van der Waals surface area contributed by atoms with Gasteiger partial charge in [0.05, 0.1) is 6.04 Å². The predicted octanol–water partition coefficient (Wildman–Crippen LogP) is 2.64. The highest BCUT2D eigenvalue weighted by atomic mass is 16.1. The zero-order valence-electron chi connectivity index (χ0n) is 12.6. The minimum absolute atomic E-state index is 0.0465. The lowest BCUT2D eigenvalue weighted by atomic mass is 9.88. The predicted molar refractivity (Wildman–Crippen MR) is 85.6 cm³/mol. The van der Waals surface area contributed by atoms with Crippen molar-refractivity contribution in [2.75, 3.05) is 26.2 Å². The van der Waals surface area contributed by atoms with Crippen LogP contribution in [0.3, 0.4) is 0 Å². The summed E-state index contributed by atoms with van der Waals surface area (Å²) in [7, 11) is 0. The molecule has 1 aromatic rings. The third kappa shape index (κ3) is 3.42. The number of benzene rings is 1. The molecule has 1 atom stereocenters. The van der Waals surface area contributed by atoms with Crippen LogP contribution in [0.2, 0.25) is 0 Å². The fraction of sp³-hybridized carbons (Fsp3) is 0.500. The highest BCUT2D eigenvalue weighted by Gasteiger charge is 2.31. The lowest BCUT2D eigenvalue weighted by molar-refractivity contribution is 0.0834. The SMILES string of the molecule is O=C(c1ccccc1)C(C1=CCCCC1)N1CCNCC1. The first-order valence-electron chi connectivity index (χ1n) is 8.09. The molecule has 0 amide bonds. The van der Waals surface area contributed by atoms with Crippen molar-refractivity contribution in [3.05, 3.63) is 47.5 Å². The van der Waals surface area contributed by atoms with E-state index in [1.807, 2.05) is 30.3 Å². The summed E-state index contributed by atoms with van der Waals surface area (Å²) < 4.78 is 0. The molecule has 3 rings (SSSR count). The molecule has 1 heterocycles. The molecule has 1 aliphatic heterocycles. The van der Waals surface area contributed by atoms with Gasteiger partial charge in [0.2, 0.25) is 0 Å². The number of nitrogens with one attached hydrogen (secondary N) is 1. The summed E-state index contributed by atoms with van der Waals surface area (Å²) in [6.07, 6.45) is 7.00. The number of carbonyl (C=O) groups is 1. The van der Waals surface area contributed by atoms with Gasteiger partial charge in [-0.15, -0.1) is 0 Å². The molecule has 3 heteroatoms. The summed E-state index contributed by atoms with van der Waals surface area (Å²) in [6, 6.07) is 9.72. The van der Waals surface area contributed by atoms with Crippen molar-refractivity contribution in [2.45, 2.75) is 31.7 Å². The number of nitrogens with zero attached hydrogens (tertiary/aromatic N) is 1. The van der Waals surface area contributed by atoms with Gasteiger partial charge in [0.25, 0.3) is 0 Å². The Morgan fingerprint density at radius 2 is 1.86 bits per heavy atom. The number of ketones is 1. The summed E-state index contributed by atoms with van der Waals surface area (Å²) in [5, 5.41) is 3.38. The molecule has 0 radical (unpaired) electrons. The lowest BCUT2D eigenvalue weighted by Crippen LogP contribution is -2.52. The normalized spacial score (nSPS) is 21.6. The second kappa shape index (κ2) is 7.01. The zero-order chi connectivity index (χ0) is 14.5. The number of piperazine rings is 1. The van der Waals surface area contributed by atoms with E-state index in [4.69, 9.17) is 0 Å². The fourth-order valence-electron chi connectivity index (χ4n) is 3.38. The minimum Gasteiger partial charge on any atom is -0.314 e. The maximum absolute atomic E-state index is 13.0. The van der Waals surface area contributed by atoms with Gasteiger partial charge in [-0.05, 0) is 31.3 Å². The van der Waals surface area contributed by atoms with E-state index in [0.29, 0.717) is 0 Å². The maximum Gasteiger partial charge on any atom is 0.184 e. The number of carbonyl (C=O) groups excluding carboxylic acids is 1. The van der Waals surface area contributed by atoms with E-state index in [1.54, 1.807) is 0 Å². The molecule has 3 nitrogen and oxygen atoms in total. The van der Waals surface area contributed by atoms with Crippen LogP contribution in [0.15, 0.2) is 42.0 Å². The average Bonchev–Trinajstić information content (AvgIpc) is 2.58. The molecule has 1 N–H and O–H groups in total. The first-order chi connectivity index (χ1) is 10.4. The van der Waals surface area contributed by atoms with Crippen molar-refractivity contribution in [1.29, 1.82) is 0 Å². The van der Waals surface area contributed by atoms with Crippen LogP contribution in [-0.4, -0.2) is 42.9 Å². The number of hydrogen-bond donors (Lipinski definition) is 1. The molecule has 1 aromatic carbocycles. The van der Waals surface area contributed by atoms with Gasteiger partial charge in [0, 0.05) is 31.7 Å². The van der Waals surface area contributed by atoms with Gasteiger partial charge in [-0.3, -0.25) is 9.69 Å². The largest absolute Gasteiger partial charge is 0.314 e. The van der Waals surface area contributed by atoms with Crippen LogP contribution in [0, 0.1) is 0 Å². The van der Waals surface area contributed by atoms with Crippen LogP contribution in [0.1, 0.15) is 36.0 Å². The summed E-state index contributed by atoms with van der Waals surface area (Å²) in [5.74, 6) is 0.269. The first kappa shape index (κ1) is 14.5. The second-order valence-electron chi connectivity index (χ2n) is 5.94. The third-order valence-electron chi connectivity index (χ3n) is 4.50. The summed E-state index contributed by atoms with van der Waals surface area (Å²) in [6.45, 7) is 3.87. The van der Waals surface area contributed by atoms with Gasteiger partial charge >= 0.3 is 0 Å². The smallest absolute Gasteiger partial charge is 0.184 e. The van der Waals surface area contributed by atoms with Gasteiger partial charge in [0.15, 0.2) is 5.78 Å². The molecular formula is C18H24N2O. The Labute approximate surface area is 127 Å². The lowest BCUT2D eigenvalue weighted by Gasteiger charge is -2.36. The van der Waals surface area contributed by atoms with E-state index < -0.39 is 0 Å². The van der Waals surface area contributed by atoms with Gasteiger partial charge < -0.3 is 5.32 Å². The molecule has 2 aliphatic rings. The molecule has 0 aromatic heterocycles. The minimum atomic E-state index is -0.0465. The van der Waals surface area contributed by atoms with Gasteiger partial charge in [-0.2, -0.15) is 0 Å². The molecule has 112 valence electrons. The van der Waals surface area contributed by atoms with Crippen molar-refractivity contribution >= 4 is 5.78 Å². The molecule has 1 saturated heterocycles. The Hall–Kier alpha value is -1.45. The average molecular weight is 284 g/mol. The monoisotopic (exact) mass is 284 g/mol. The summed E-state index contributed by atoms with van der Waals surface area (Å²) in [5.41, 5.74) is 2.18. The highest BCUT2D eigenvalue weighted by Crippen LogP contribution is 2.26. The van der Waals surface area contributed by atoms with E-state index in [2.05, 4.69) is 16.3 Å². The van der Waals surface area contributed by atoms with Crippen LogP contribution in [-0.2, 0) is 0 Å². The zero-order valence-corrected chi connectivity index (χ0v) is 12.6. The van der Waals surface area contributed by atoms with Crippen LogP contribution < -0.4 is 5.32 Å².